The molecule has 0 aromatic heterocycles. The zero-order valence-corrected chi connectivity index (χ0v) is 67.3. The van der Waals surface area contributed by atoms with Crippen LogP contribution in [0.4, 0.5) is 0 Å². The van der Waals surface area contributed by atoms with Gasteiger partial charge in [-0.15, -0.1) is 0 Å². The molecule has 0 bridgehead atoms. The molecule has 17 nitrogen and oxygen atoms in total. The fourth-order valence-corrected chi connectivity index (χ4v) is 13.8. The van der Waals surface area contributed by atoms with Gasteiger partial charge in [-0.3, -0.25) is 37.3 Å². The molecule has 19 heteroatoms. The molecular formula is C82H156O17P2. The lowest BCUT2D eigenvalue weighted by atomic mass is 9.99. The van der Waals surface area contributed by atoms with Gasteiger partial charge >= 0.3 is 39.5 Å². The maximum absolute atomic E-state index is 13.1. The summed E-state index contributed by atoms with van der Waals surface area (Å²) >= 11 is 0. The third-order valence-electron chi connectivity index (χ3n) is 19.0. The van der Waals surface area contributed by atoms with Crippen LogP contribution in [0.15, 0.2) is 24.3 Å². The van der Waals surface area contributed by atoms with E-state index < -0.39 is 97.5 Å². The summed E-state index contributed by atoms with van der Waals surface area (Å²) in [5.41, 5.74) is 0. The molecule has 0 aromatic carbocycles. The number of carbonyl (C=O) groups excluding carboxylic acids is 4. The second-order valence-electron chi connectivity index (χ2n) is 29.1. The van der Waals surface area contributed by atoms with Crippen molar-refractivity contribution >= 4 is 39.5 Å². The summed E-state index contributed by atoms with van der Waals surface area (Å²) in [7, 11) is -9.93. The molecule has 3 N–H and O–H groups in total. The molecule has 0 saturated heterocycles. The van der Waals surface area contributed by atoms with Gasteiger partial charge in [-0.25, -0.2) is 9.13 Å². The third-order valence-corrected chi connectivity index (χ3v) is 20.9. The average Bonchev–Trinajstić information content (AvgIpc) is 0.985. The van der Waals surface area contributed by atoms with Crippen molar-refractivity contribution in [1.29, 1.82) is 0 Å². The molecule has 0 amide bonds. The van der Waals surface area contributed by atoms with E-state index in [2.05, 4.69) is 58.9 Å². The number of unbranched alkanes of at least 4 members (excludes halogenated alkanes) is 48. The van der Waals surface area contributed by atoms with Gasteiger partial charge < -0.3 is 33.8 Å². The molecule has 0 aliphatic rings. The number of aliphatic hydroxyl groups is 1. The summed E-state index contributed by atoms with van der Waals surface area (Å²) in [5.74, 6) is -1.27. The monoisotopic (exact) mass is 1480 g/mol. The first kappa shape index (κ1) is 98.5. The lowest BCUT2D eigenvalue weighted by molar-refractivity contribution is -0.161. The van der Waals surface area contributed by atoms with E-state index in [0.717, 1.165) is 115 Å². The molecule has 0 aliphatic carbocycles. The second kappa shape index (κ2) is 74.4. The van der Waals surface area contributed by atoms with Gasteiger partial charge in [0.25, 0.3) is 0 Å². The molecule has 0 radical (unpaired) electrons. The van der Waals surface area contributed by atoms with Crippen LogP contribution in [-0.2, 0) is 65.4 Å². The van der Waals surface area contributed by atoms with Crippen molar-refractivity contribution in [1.82, 2.24) is 0 Å². The van der Waals surface area contributed by atoms with E-state index in [-0.39, 0.29) is 25.7 Å². The first-order chi connectivity index (χ1) is 49.1. The van der Waals surface area contributed by atoms with Crippen molar-refractivity contribution in [3.63, 3.8) is 0 Å². The lowest BCUT2D eigenvalue weighted by Crippen LogP contribution is -2.30. The van der Waals surface area contributed by atoms with Crippen LogP contribution in [0.5, 0.6) is 0 Å². The Kier molecular flexibility index (Phi) is 72.6. The number of ether oxygens (including phenoxy) is 4. The Bertz CT molecular complexity index is 2020. The van der Waals surface area contributed by atoms with Crippen LogP contribution in [0.25, 0.3) is 0 Å². The Hall–Kier alpha value is -2.46. The minimum Gasteiger partial charge on any atom is -0.462 e. The molecule has 0 saturated carbocycles. The molecule has 596 valence electrons. The smallest absolute Gasteiger partial charge is 0.462 e. The standard InChI is InChI=1S/C82H156O17P2/c1-6-10-13-16-19-22-24-26-32-37-41-46-51-56-61-66-80(85)93-72-78(99-82(87)68-63-58-53-48-43-39-35-31-29-28-30-34-36-40-45-49-54-59-64-75(5)9-4)74-97-101(90,91)95-70-76(83)69-94-100(88,89)96-73-77(71-92-79(84)65-60-55-50-44-21-18-15-12-8-3)98-81(86)67-62-57-52-47-42-38-33-27-25-23-20-17-14-11-7-2/h22,24,26,32,75-78,83H,6-21,23,25,27-31,33-74H2,1-5H3,(H,88,89)(H,90,91)/b24-22-,32-26-/t75?,76-,77+,78+/m0/s1. The van der Waals surface area contributed by atoms with Gasteiger partial charge in [0, 0.05) is 25.7 Å². The van der Waals surface area contributed by atoms with Gasteiger partial charge in [0.05, 0.1) is 26.4 Å². The predicted molar refractivity (Wildman–Crippen MR) is 414 cm³/mol. The largest absolute Gasteiger partial charge is 0.472 e. The van der Waals surface area contributed by atoms with Crippen LogP contribution in [0.2, 0.25) is 0 Å². The highest BCUT2D eigenvalue weighted by Crippen LogP contribution is 2.45. The maximum atomic E-state index is 13.1. The lowest BCUT2D eigenvalue weighted by Gasteiger charge is -2.21. The zero-order chi connectivity index (χ0) is 74.1. The molecule has 101 heavy (non-hydrogen) atoms. The third kappa shape index (κ3) is 74.2. The van der Waals surface area contributed by atoms with E-state index in [9.17, 15) is 43.2 Å². The Morgan fingerprint density at radius 3 is 0.842 bits per heavy atom. The molecule has 0 aliphatic heterocycles. The van der Waals surface area contributed by atoms with Crippen molar-refractivity contribution in [3.8, 4) is 0 Å². The quantitative estimate of drug-likeness (QED) is 0.0169. The fraction of sp³-hybridized carbons (Fsp3) is 0.902. The van der Waals surface area contributed by atoms with Gasteiger partial charge in [0.2, 0.25) is 0 Å². The van der Waals surface area contributed by atoms with Crippen LogP contribution < -0.4 is 0 Å². The molecule has 3 unspecified atom stereocenters. The summed E-state index contributed by atoms with van der Waals surface area (Å²) in [5, 5.41) is 10.6. The van der Waals surface area contributed by atoms with Crippen LogP contribution >= 0.6 is 15.6 Å². The van der Waals surface area contributed by atoms with Crippen molar-refractivity contribution in [2.45, 2.75) is 432 Å². The molecule has 0 rings (SSSR count). The zero-order valence-electron chi connectivity index (χ0n) is 65.5. The summed E-state index contributed by atoms with van der Waals surface area (Å²) in [6, 6.07) is 0. The van der Waals surface area contributed by atoms with E-state index >= 15 is 0 Å². The maximum Gasteiger partial charge on any atom is 0.472 e. The van der Waals surface area contributed by atoms with E-state index in [1.165, 1.54) is 218 Å². The Morgan fingerprint density at radius 1 is 0.317 bits per heavy atom. The van der Waals surface area contributed by atoms with Gasteiger partial charge in [0.1, 0.15) is 19.3 Å². The normalized spacial score (nSPS) is 14.3. The van der Waals surface area contributed by atoms with Gasteiger partial charge in [-0.1, -0.05) is 361 Å². The van der Waals surface area contributed by atoms with Crippen molar-refractivity contribution < 1.29 is 80.2 Å². The highest BCUT2D eigenvalue weighted by molar-refractivity contribution is 7.47. The van der Waals surface area contributed by atoms with Crippen molar-refractivity contribution in [2.75, 3.05) is 39.6 Å². The number of esters is 4. The van der Waals surface area contributed by atoms with E-state index in [0.29, 0.717) is 25.7 Å². The van der Waals surface area contributed by atoms with Gasteiger partial charge in [0.15, 0.2) is 12.2 Å². The van der Waals surface area contributed by atoms with Crippen molar-refractivity contribution in [3.05, 3.63) is 24.3 Å². The van der Waals surface area contributed by atoms with Crippen LogP contribution in [-0.4, -0.2) is 96.7 Å². The Labute approximate surface area is 618 Å². The van der Waals surface area contributed by atoms with E-state index in [4.69, 9.17) is 37.0 Å². The molecular weight excluding hydrogens is 1320 g/mol. The van der Waals surface area contributed by atoms with E-state index in [1.54, 1.807) is 0 Å². The van der Waals surface area contributed by atoms with Crippen LogP contribution in [0.3, 0.4) is 0 Å². The number of allylic oxidation sites excluding steroid dienone is 4. The van der Waals surface area contributed by atoms with E-state index in [1.807, 2.05) is 0 Å². The summed E-state index contributed by atoms with van der Waals surface area (Å²) < 4.78 is 68.6. The number of phosphoric ester groups is 2. The van der Waals surface area contributed by atoms with Crippen molar-refractivity contribution in [2.24, 2.45) is 5.92 Å². The van der Waals surface area contributed by atoms with Crippen LogP contribution in [0, 0.1) is 5.92 Å². The summed E-state index contributed by atoms with van der Waals surface area (Å²) in [6.07, 6.45) is 68.8. The summed E-state index contributed by atoms with van der Waals surface area (Å²) in [6.45, 7) is 7.32. The molecule has 0 fully saturated rings. The number of hydrogen-bond acceptors (Lipinski definition) is 15. The number of rotatable bonds is 80. The predicted octanol–water partition coefficient (Wildman–Crippen LogP) is 24.4. The van der Waals surface area contributed by atoms with Gasteiger partial charge in [-0.05, 0) is 57.3 Å². The number of hydrogen-bond donors (Lipinski definition) is 3. The average molecular weight is 1480 g/mol. The van der Waals surface area contributed by atoms with Crippen LogP contribution in [0.1, 0.15) is 413 Å². The SMILES string of the molecule is CCCCCC/C=C\C=C/CCCCCCCC(=O)OC[C@H](COP(=O)(O)OC[C@@H](O)COP(=O)(O)OC[C@@H](COC(=O)CCCCCCCCCCC)OC(=O)CCCCCCCCCCCCCCCCC)OC(=O)CCCCCCCCCCCCCCCCCCCCC(C)CC. The molecule has 6 atom stereocenters. The highest BCUT2D eigenvalue weighted by atomic mass is 31.2. The topological polar surface area (TPSA) is 237 Å². The fourth-order valence-electron chi connectivity index (χ4n) is 12.2. The molecule has 0 heterocycles. The number of phosphoric acid groups is 2. The first-order valence-corrected chi connectivity index (χ1v) is 45.0. The first-order valence-electron chi connectivity index (χ1n) is 42.0. The van der Waals surface area contributed by atoms with Gasteiger partial charge in [-0.2, -0.15) is 0 Å². The summed E-state index contributed by atoms with van der Waals surface area (Å²) in [4.78, 5) is 73.0. The molecule has 0 spiro atoms. The Morgan fingerprint density at radius 2 is 0.554 bits per heavy atom. The Balaban J connectivity index is 5.23. The number of aliphatic hydroxyl groups excluding tert-OH is 1. The minimum absolute atomic E-state index is 0.102. The molecule has 0 aromatic rings. The minimum atomic E-state index is -4.97. The number of carbonyl (C=O) groups is 4. The highest BCUT2D eigenvalue weighted by Gasteiger charge is 2.30. The second-order valence-corrected chi connectivity index (χ2v) is 32.0.